The zero-order valence-electron chi connectivity index (χ0n) is 4.01. The van der Waals surface area contributed by atoms with E-state index in [0.717, 1.165) is 0 Å². The molecule has 0 saturated carbocycles. The van der Waals surface area contributed by atoms with E-state index in [1.54, 1.807) is 6.92 Å². The van der Waals surface area contributed by atoms with E-state index >= 15 is 0 Å². The van der Waals surface area contributed by atoms with Crippen molar-refractivity contribution in [2.45, 2.75) is 13.3 Å². The van der Waals surface area contributed by atoms with Crippen LogP contribution in [0.25, 0.3) is 0 Å². The summed E-state index contributed by atoms with van der Waals surface area (Å²) in [5.41, 5.74) is 0. The van der Waals surface area contributed by atoms with Crippen LogP contribution in [0.3, 0.4) is 0 Å². The zero-order chi connectivity index (χ0) is 5.70. The third-order valence-corrected chi connectivity index (χ3v) is 0.468. The van der Waals surface area contributed by atoms with Crippen LogP contribution in [-0.2, 0) is 14.3 Å². The van der Waals surface area contributed by atoms with Gasteiger partial charge in [-0.05, 0) is 0 Å². The number of carbonyl (C=O) groups excluding carboxylic acids is 2. The summed E-state index contributed by atoms with van der Waals surface area (Å²) in [6, 6.07) is 0. The summed E-state index contributed by atoms with van der Waals surface area (Å²) in [5, 5.41) is 0. The van der Waals surface area contributed by atoms with Crippen LogP contribution >= 0.6 is 0 Å². The van der Waals surface area contributed by atoms with Crippen molar-refractivity contribution >= 4 is 42.0 Å². The van der Waals surface area contributed by atoms with Gasteiger partial charge in [-0.25, -0.2) is 0 Å². The van der Waals surface area contributed by atoms with E-state index in [4.69, 9.17) is 0 Å². The Bertz CT molecular complexity index is 81.4. The van der Waals surface area contributed by atoms with Crippen molar-refractivity contribution in [2.75, 3.05) is 0 Å². The molecule has 0 aliphatic carbocycles. The van der Waals surface area contributed by atoms with E-state index in [9.17, 15) is 9.59 Å². The van der Waals surface area contributed by atoms with Gasteiger partial charge in [0.25, 0.3) is 0 Å². The van der Waals surface area contributed by atoms with Crippen LogP contribution in [0.15, 0.2) is 0 Å². The minimum absolute atomic E-state index is 0. The van der Waals surface area contributed by atoms with Crippen LogP contribution < -0.4 is 0 Å². The van der Waals surface area contributed by atoms with Crippen LogP contribution in [-0.4, -0.2) is 42.0 Å². The molecule has 0 bridgehead atoms. The maximum atomic E-state index is 9.96. The van der Waals surface area contributed by atoms with Gasteiger partial charge in [-0.3, -0.25) is 9.59 Å². The van der Waals surface area contributed by atoms with Gasteiger partial charge in [0.15, 0.2) is 0 Å². The first-order chi connectivity index (χ1) is 3.31. The van der Waals surface area contributed by atoms with Gasteiger partial charge in [-0.2, -0.15) is 0 Å². The van der Waals surface area contributed by atoms with E-state index in [1.807, 2.05) is 0 Å². The summed E-state index contributed by atoms with van der Waals surface area (Å²) in [6.45, 7) is 1.75. The second-order valence-electron chi connectivity index (χ2n) is 0.940. The monoisotopic (exact) mass is 126 g/mol. The topological polar surface area (TPSA) is 43.4 Å². The number of esters is 1. The molecule has 0 heterocycles. The standard InChI is InChI=1S/C4H6O3.Na.H/c1-2-4(6)7-3-5;;/h3H,2H2,1H3;;. The molecular weight excluding hydrogens is 119 g/mol. The summed E-state index contributed by atoms with van der Waals surface area (Å²) in [4.78, 5) is 19.3. The van der Waals surface area contributed by atoms with Gasteiger partial charge < -0.3 is 4.74 Å². The van der Waals surface area contributed by atoms with Crippen molar-refractivity contribution < 1.29 is 14.3 Å². The van der Waals surface area contributed by atoms with Crippen molar-refractivity contribution in [1.29, 1.82) is 0 Å². The van der Waals surface area contributed by atoms with Crippen LogP contribution in [0.4, 0.5) is 0 Å². The van der Waals surface area contributed by atoms with Crippen molar-refractivity contribution in [3.05, 3.63) is 0 Å². The quantitative estimate of drug-likeness (QED) is 0.216. The second-order valence-corrected chi connectivity index (χ2v) is 0.940. The Kier molecular flexibility index (Phi) is 9.82. The van der Waals surface area contributed by atoms with E-state index in [0.29, 0.717) is 0 Å². The average molecular weight is 126 g/mol. The summed E-state index contributed by atoms with van der Waals surface area (Å²) >= 11 is 0. The van der Waals surface area contributed by atoms with Crippen LogP contribution in [0, 0.1) is 0 Å². The number of hydrogen-bond acceptors (Lipinski definition) is 3. The van der Waals surface area contributed by atoms with Gasteiger partial charge >= 0.3 is 42.0 Å². The summed E-state index contributed by atoms with van der Waals surface area (Å²) in [7, 11) is 0. The Morgan fingerprint density at radius 1 is 1.75 bits per heavy atom. The summed E-state index contributed by atoms with van der Waals surface area (Å²) in [6.07, 6.45) is 0.249. The number of rotatable bonds is 2. The molecule has 0 spiro atoms. The van der Waals surface area contributed by atoms with Crippen molar-refractivity contribution in [3.63, 3.8) is 0 Å². The molecule has 0 aromatic heterocycles. The van der Waals surface area contributed by atoms with Crippen molar-refractivity contribution in [1.82, 2.24) is 0 Å². The molecule has 0 N–H and O–H groups in total. The SMILES string of the molecule is CCC(=O)OC=O.[NaH]. The molecule has 0 aliphatic heterocycles. The number of ether oxygens (including phenoxy) is 1. The zero-order valence-corrected chi connectivity index (χ0v) is 4.01. The van der Waals surface area contributed by atoms with Crippen molar-refractivity contribution in [2.24, 2.45) is 0 Å². The van der Waals surface area contributed by atoms with E-state index in [2.05, 4.69) is 4.74 Å². The first-order valence-corrected chi connectivity index (χ1v) is 1.94. The predicted octanol–water partition coefficient (Wildman–Crippen LogP) is -0.553. The molecule has 0 atom stereocenters. The number of carbonyl (C=O) groups is 2. The average Bonchev–Trinajstić information content (AvgIpc) is 1.68. The predicted molar refractivity (Wildman–Crippen MR) is 29.6 cm³/mol. The normalized spacial score (nSPS) is 6.62. The molecule has 0 rings (SSSR count). The van der Waals surface area contributed by atoms with E-state index in [1.165, 1.54) is 0 Å². The molecule has 0 aromatic rings. The molecule has 0 saturated heterocycles. The summed E-state index contributed by atoms with van der Waals surface area (Å²) < 4.78 is 3.87. The van der Waals surface area contributed by atoms with Gasteiger partial charge in [0.2, 0.25) is 0 Å². The van der Waals surface area contributed by atoms with E-state index < -0.39 is 5.97 Å². The number of hydrogen-bond donors (Lipinski definition) is 0. The molecule has 0 amide bonds. The molecule has 0 unspecified atom stereocenters. The first kappa shape index (κ1) is 11.0. The van der Waals surface area contributed by atoms with Crippen LogP contribution in [0.5, 0.6) is 0 Å². The van der Waals surface area contributed by atoms with Crippen molar-refractivity contribution in [3.8, 4) is 0 Å². The second kappa shape index (κ2) is 7.14. The van der Waals surface area contributed by atoms with Gasteiger partial charge in [0, 0.05) is 6.42 Å². The maximum absolute atomic E-state index is 9.96. The van der Waals surface area contributed by atoms with Gasteiger partial charge in [-0.1, -0.05) is 6.92 Å². The Balaban J connectivity index is 0. The molecule has 0 radical (unpaired) electrons. The third kappa shape index (κ3) is 6.14. The summed E-state index contributed by atoms with van der Waals surface area (Å²) in [5.74, 6) is -0.491. The fourth-order valence-corrected chi connectivity index (χ4v) is 0.137. The molecule has 42 valence electrons. The van der Waals surface area contributed by atoms with Crippen LogP contribution in [0.2, 0.25) is 0 Å². The van der Waals surface area contributed by atoms with Crippen LogP contribution in [0.1, 0.15) is 13.3 Å². The molecule has 3 nitrogen and oxygen atoms in total. The Labute approximate surface area is 69.7 Å². The molecular formula is C4H7NaO3. The van der Waals surface area contributed by atoms with E-state index in [-0.39, 0.29) is 42.5 Å². The molecule has 0 aromatic carbocycles. The third-order valence-electron chi connectivity index (χ3n) is 0.468. The fraction of sp³-hybridized carbons (Fsp3) is 0.500. The molecule has 8 heavy (non-hydrogen) atoms. The van der Waals surface area contributed by atoms with Gasteiger partial charge in [0.05, 0.1) is 0 Å². The molecule has 0 fully saturated rings. The van der Waals surface area contributed by atoms with Gasteiger partial charge in [0.1, 0.15) is 0 Å². The Morgan fingerprint density at radius 2 is 2.25 bits per heavy atom. The van der Waals surface area contributed by atoms with Gasteiger partial charge in [-0.15, -0.1) is 0 Å². The Hall–Kier alpha value is 0.140. The fourth-order valence-electron chi connectivity index (χ4n) is 0.137. The first-order valence-electron chi connectivity index (χ1n) is 1.94. The Morgan fingerprint density at radius 3 is 2.38 bits per heavy atom. The molecule has 4 heteroatoms. The minimum atomic E-state index is -0.491. The molecule has 0 aliphatic rings.